The number of hydrogen-bond acceptors (Lipinski definition) is 9. The van der Waals surface area contributed by atoms with Crippen LogP contribution in [0.4, 0.5) is 8.63 Å². The van der Waals surface area contributed by atoms with Crippen molar-refractivity contribution in [3.05, 3.63) is 162 Å². The Morgan fingerprint density at radius 2 is 1.33 bits per heavy atom. The number of hydrogen-bond donors (Lipinski definition) is 3. The molecule has 63 heavy (non-hydrogen) atoms. The molecule has 2 bridgehead atoms. The summed E-state index contributed by atoms with van der Waals surface area (Å²) in [4.78, 5) is 37.8. The Morgan fingerprint density at radius 1 is 0.778 bits per heavy atom. The van der Waals surface area contributed by atoms with E-state index in [0.717, 1.165) is 55.3 Å². The molecule has 2 unspecified atom stereocenters. The quantitative estimate of drug-likeness (QED) is 0.0351. The summed E-state index contributed by atoms with van der Waals surface area (Å²) in [5.41, 5.74) is 9.15. The van der Waals surface area contributed by atoms with Crippen molar-refractivity contribution in [2.75, 3.05) is 30.7 Å². The molecule has 2 aliphatic heterocycles. The summed E-state index contributed by atoms with van der Waals surface area (Å²) in [5.74, 6) is 0.647. The SMILES string of the molecule is CC1=C2CC(=C(c3c(C)cc(C)cc3C)C3=C(C)C(C(O)NCCOc4ccc5ccc(=O)oc5c4)=C(C)[I-]3(B(F)F)C2)C(C)=C1C(=O)NCCOc1ccc2ccc(=O)oc2c1. The molecule has 0 fully saturated rings. The van der Waals surface area contributed by atoms with Gasteiger partial charge in [-0.3, -0.25) is 0 Å². The van der Waals surface area contributed by atoms with Gasteiger partial charge in [-0.25, -0.2) is 9.59 Å². The summed E-state index contributed by atoms with van der Waals surface area (Å²) >= 11 is -4.63. The van der Waals surface area contributed by atoms with Gasteiger partial charge < -0.3 is 4.42 Å². The molecule has 2 aromatic heterocycles. The average Bonchev–Trinajstić information content (AvgIpc) is 3.35. The Labute approximate surface area is 367 Å². The monoisotopic (exact) mass is 969 g/mol. The zero-order valence-corrected chi connectivity index (χ0v) is 38.4. The third-order valence-corrected chi connectivity index (χ3v) is 22.7. The van der Waals surface area contributed by atoms with Gasteiger partial charge in [0.25, 0.3) is 0 Å². The number of ether oxygens (including phenoxy) is 2. The van der Waals surface area contributed by atoms with Gasteiger partial charge in [0.15, 0.2) is 0 Å². The molecule has 14 heteroatoms. The van der Waals surface area contributed by atoms with Crippen LogP contribution in [-0.2, 0) is 4.79 Å². The maximum absolute atomic E-state index is 16.6. The Bertz CT molecular complexity index is 2990. The number of carbonyl (C=O) groups excluding carboxylic acids is 1. The van der Waals surface area contributed by atoms with E-state index in [2.05, 4.69) is 22.8 Å². The van der Waals surface area contributed by atoms with Gasteiger partial charge in [0.05, 0.1) is 0 Å². The molecule has 3 aliphatic rings. The normalized spacial score (nSPS) is 19.1. The fourth-order valence-electron chi connectivity index (χ4n) is 9.36. The molecule has 1 amide bonds. The van der Waals surface area contributed by atoms with E-state index in [1.807, 2.05) is 41.5 Å². The Kier molecular flexibility index (Phi) is 12.3. The summed E-state index contributed by atoms with van der Waals surface area (Å²) in [6, 6.07) is 20.6. The molecule has 8 rings (SSSR count). The Hall–Kier alpha value is -5.58. The van der Waals surface area contributed by atoms with E-state index in [1.54, 1.807) is 55.5 Å². The van der Waals surface area contributed by atoms with Crippen molar-refractivity contribution < 1.29 is 55.1 Å². The van der Waals surface area contributed by atoms with Crippen molar-refractivity contribution in [3.8, 4) is 11.5 Å². The second kappa shape index (κ2) is 17.5. The number of aryl methyl sites for hydroxylation is 3. The molecule has 0 spiro atoms. The molecule has 3 N–H and O–H groups in total. The second-order valence-electron chi connectivity index (χ2n) is 16.3. The summed E-state index contributed by atoms with van der Waals surface area (Å²) in [7, 11) is 0. The first-order chi connectivity index (χ1) is 30.1. The van der Waals surface area contributed by atoms with Crippen LogP contribution in [0.2, 0.25) is 0 Å². The van der Waals surface area contributed by atoms with Crippen LogP contribution in [0.5, 0.6) is 11.5 Å². The first-order valence-electron chi connectivity index (χ1n) is 20.8. The average molecular weight is 970 g/mol. The maximum atomic E-state index is 16.6. The predicted molar refractivity (Wildman–Crippen MR) is 239 cm³/mol. The zero-order valence-electron chi connectivity index (χ0n) is 36.3. The molecule has 4 heterocycles. The van der Waals surface area contributed by atoms with Crippen LogP contribution in [0.15, 0.2) is 137 Å². The first-order valence-corrected chi connectivity index (χ1v) is 25.7. The number of amides is 1. The number of fused-ring (bicyclic) bond motifs is 5. The fraction of sp³-hybridized carbons (Fsp3) is 0.286. The molecule has 0 saturated heterocycles. The summed E-state index contributed by atoms with van der Waals surface area (Å²) in [6.07, 6.45) is -0.817. The third-order valence-electron chi connectivity index (χ3n) is 12.2. The second-order valence-corrected chi connectivity index (χ2v) is 24.8. The minimum atomic E-state index is -4.63. The van der Waals surface area contributed by atoms with Gasteiger partial charge in [0.1, 0.15) is 0 Å². The van der Waals surface area contributed by atoms with Gasteiger partial charge in [-0.2, -0.15) is 0 Å². The van der Waals surface area contributed by atoms with E-state index in [1.165, 1.54) is 12.1 Å². The zero-order chi connectivity index (χ0) is 44.9. The van der Waals surface area contributed by atoms with Gasteiger partial charge in [-0.1, -0.05) is 0 Å². The minimum absolute atomic E-state index is 0.133. The number of alkyl halides is 1. The van der Waals surface area contributed by atoms with Crippen molar-refractivity contribution in [2.45, 2.75) is 61.1 Å². The number of aliphatic hydroxyl groups excluding tert-OH is 1. The fourth-order valence-corrected chi connectivity index (χ4v) is 20.0. The molecule has 2 atom stereocenters. The number of nitrogens with one attached hydrogen (secondary N) is 2. The van der Waals surface area contributed by atoms with Crippen molar-refractivity contribution in [1.29, 1.82) is 0 Å². The van der Waals surface area contributed by atoms with Gasteiger partial charge in [0, 0.05) is 17.5 Å². The molecular weight excluding hydrogens is 920 g/mol. The van der Waals surface area contributed by atoms with E-state index in [4.69, 9.17) is 18.3 Å². The van der Waals surface area contributed by atoms with E-state index in [-0.39, 0.29) is 36.6 Å². The molecule has 0 saturated carbocycles. The Balaban J connectivity index is 1.12. The number of aliphatic hydroxyl groups is 1. The van der Waals surface area contributed by atoms with Crippen molar-refractivity contribution in [1.82, 2.24) is 10.6 Å². The third kappa shape index (κ3) is 8.12. The van der Waals surface area contributed by atoms with Gasteiger partial charge in [-0.05, 0) is 6.07 Å². The van der Waals surface area contributed by atoms with Gasteiger partial charge in [0.2, 0.25) is 0 Å². The number of allylic oxidation sites excluding steroid dienone is 6. The molecule has 1 aliphatic carbocycles. The topological polar surface area (TPSA) is 140 Å². The van der Waals surface area contributed by atoms with E-state index in [0.29, 0.717) is 58.5 Å². The Morgan fingerprint density at radius 3 is 1.90 bits per heavy atom. The molecule has 5 aromatic rings. The standard InChI is InChI=1S/C49H49BF2IN2O8/c1-26-20-27(2)43(28(3)21-26)46-38-22-35(29(4)44(30(38)5)48(58)54-16-18-60-36-12-8-33-10-14-41(56)62-39(33)23-36)25-53(50(51)52)32(7)45(31(6)47(46)53)49(59)55-17-19-61-37-13-9-34-11-15-42(57)63-40(34)24-37/h8-15,20-21,23-24,49,55,59H,16-19,22,25H2,1-7H3,(H,54,58)/q-1. The van der Waals surface area contributed by atoms with Gasteiger partial charge in [-0.15, -0.1) is 0 Å². The summed E-state index contributed by atoms with van der Waals surface area (Å²) < 4.78 is 56.9. The molecule has 328 valence electrons. The van der Waals surface area contributed by atoms with Crippen LogP contribution in [0.3, 0.4) is 0 Å². The van der Waals surface area contributed by atoms with Crippen LogP contribution in [0.1, 0.15) is 56.4 Å². The number of halogens is 3. The van der Waals surface area contributed by atoms with E-state index in [9.17, 15) is 19.5 Å². The van der Waals surface area contributed by atoms with Crippen LogP contribution in [0, 0.1) is 20.8 Å². The molecule has 0 radical (unpaired) electrons. The van der Waals surface area contributed by atoms with Crippen LogP contribution in [0.25, 0.3) is 27.5 Å². The molecular formula is C49H49BF2IN2O8-. The number of benzene rings is 3. The predicted octanol–water partition coefficient (Wildman–Crippen LogP) is 5.46. The van der Waals surface area contributed by atoms with Crippen LogP contribution < -0.4 is 49.6 Å². The summed E-state index contributed by atoms with van der Waals surface area (Å²) in [6.45, 7) is 14.1. The molecule has 3 aromatic carbocycles. The first kappa shape index (κ1) is 44.0. The van der Waals surface area contributed by atoms with Crippen molar-refractivity contribution in [2.24, 2.45) is 0 Å². The number of rotatable bonds is 13. The number of carbonyl (C=O) groups is 1. The van der Waals surface area contributed by atoms with E-state index < -0.39 is 40.8 Å². The summed E-state index contributed by atoms with van der Waals surface area (Å²) in [5, 5.41) is 16.9. The van der Waals surface area contributed by atoms with Crippen molar-refractivity contribution in [3.63, 3.8) is 0 Å². The van der Waals surface area contributed by atoms with Crippen LogP contribution in [-0.4, -0.2) is 53.1 Å². The van der Waals surface area contributed by atoms with Gasteiger partial charge >= 0.3 is 332 Å². The van der Waals surface area contributed by atoms with Crippen LogP contribution >= 0.6 is 0 Å². The van der Waals surface area contributed by atoms with Crippen molar-refractivity contribution >= 4 is 38.5 Å². The van der Waals surface area contributed by atoms with E-state index >= 15 is 8.63 Å². The molecule has 10 nitrogen and oxygen atoms in total.